The van der Waals surface area contributed by atoms with Crippen LogP contribution in [0.2, 0.25) is 0 Å². The van der Waals surface area contributed by atoms with Crippen LogP contribution in [-0.2, 0) is 10.0 Å². The van der Waals surface area contributed by atoms with Crippen molar-refractivity contribution in [1.82, 2.24) is 10.3 Å². The van der Waals surface area contributed by atoms with Gasteiger partial charge in [0.05, 0.1) is 23.3 Å². The molecule has 3 aromatic rings. The molecule has 0 fully saturated rings. The number of pyridine rings is 1. The zero-order valence-corrected chi connectivity index (χ0v) is 18.7. The quantitative estimate of drug-likeness (QED) is 0.644. The lowest BCUT2D eigenvalue weighted by molar-refractivity contribution is 0.0964. The molecule has 0 aliphatic carbocycles. The van der Waals surface area contributed by atoms with Crippen LogP contribution in [0.3, 0.4) is 0 Å². The van der Waals surface area contributed by atoms with Crippen molar-refractivity contribution in [2.24, 2.45) is 0 Å². The Hall–Kier alpha value is -2.91. The number of aromatic nitrogens is 1. The highest BCUT2D eigenvalue weighted by Crippen LogP contribution is 2.40. The number of hydrogen-bond acceptors (Lipinski definition) is 6. The first kappa shape index (κ1) is 21.3. The number of nitrogens with zero attached hydrogens (tertiary/aromatic N) is 2. The minimum atomic E-state index is -3.62. The molecule has 2 unspecified atom stereocenters. The Kier molecular flexibility index (Phi) is 5.26. The van der Waals surface area contributed by atoms with E-state index >= 15 is 0 Å². The fourth-order valence-electron chi connectivity index (χ4n) is 3.96. The number of carbonyl (C=O) groups is 1. The van der Waals surface area contributed by atoms with Crippen molar-refractivity contribution < 1.29 is 22.7 Å². The Labute approximate surface area is 180 Å². The van der Waals surface area contributed by atoms with E-state index in [4.69, 9.17) is 4.42 Å². The zero-order chi connectivity index (χ0) is 22.5. The van der Waals surface area contributed by atoms with E-state index in [0.717, 1.165) is 11.8 Å². The van der Waals surface area contributed by atoms with Gasteiger partial charge in [-0.3, -0.25) is 9.10 Å². The van der Waals surface area contributed by atoms with Crippen LogP contribution in [0.1, 0.15) is 40.7 Å². The Morgan fingerprint density at radius 3 is 2.58 bits per heavy atom. The van der Waals surface area contributed by atoms with Crippen LogP contribution in [0.4, 0.5) is 5.82 Å². The average Bonchev–Trinajstić information content (AvgIpc) is 3.04. The molecule has 0 spiro atoms. The Balaban J connectivity index is 2.04. The van der Waals surface area contributed by atoms with Crippen molar-refractivity contribution in [3.63, 3.8) is 0 Å². The number of carbonyl (C=O) groups excluding carboxylic acids is 1. The standard InChI is InChI=1S/C22H25N3O5S/c1-12-5-7-14(8-6-12)19-18(21(27)23-3)16-11-15-13(2)17(26)9-10-25(31(4,28)29)20(15)24-22(16)30-19/h5-8,11,13,17,26H,9-10H2,1-4H3,(H,23,27). The molecule has 1 aliphatic rings. The van der Waals surface area contributed by atoms with Gasteiger partial charge in [0.25, 0.3) is 5.91 Å². The molecular formula is C22H25N3O5S. The molecule has 0 bridgehead atoms. The summed E-state index contributed by atoms with van der Waals surface area (Å²) < 4.78 is 32.1. The number of benzene rings is 1. The molecule has 8 nitrogen and oxygen atoms in total. The number of sulfonamides is 1. The maximum atomic E-state index is 12.8. The van der Waals surface area contributed by atoms with Crippen molar-refractivity contribution in [3.8, 4) is 11.3 Å². The maximum absolute atomic E-state index is 12.8. The fraction of sp³-hybridized carbons (Fsp3) is 0.364. The van der Waals surface area contributed by atoms with E-state index in [-0.39, 0.29) is 36.3 Å². The van der Waals surface area contributed by atoms with E-state index in [1.165, 1.54) is 11.4 Å². The highest BCUT2D eigenvalue weighted by atomic mass is 32.2. The summed E-state index contributed by atoms with van der Waals surface area (Å²) >= 11 is 0. The van der Waals surface area contributed by atoms with Gasteiger partial charge in [0.1, 0.15) is 11.6 Å². The predicted molar refractivity (Wildman–Crippen MR) is 119 cm³/mol. The average molecular weight is 444 g/mol. The van der Waals surface area contributed by atoms with Gasteiger partial charge in [-0.2, -0.15) is 4.98 Å². The molecule has 0 saturated heterocycles. The second-order valence-corrected chi connectivity index (χ2v) is 9.89. The molecule has 9 heteroatoms. The molecule has 0 radical (unpaired) electrons. The highest BCUT2D eigenvalue weighted by molar-refractivity contribution is 7.92. The van der Waals surface area contributed by atoms with Gasteiger partial charge < -0.3 is 14.8 Å². The first-order valence-corrected chi connectivity index (χ1v) is 11.9. The molecular weight excluding hydrogens is 418 g/mol. The van der Waals surface area contributed by atoms with Gasteiger partial charge in [-0.15, -0.1) is 0 Å². The van der Waals surface area contributed by atoms with Gasteiger partial charge in [-0.1, -0.05) is 36.8 Å². The Morgan fingerprint density at radius 1 is 1.29 bits per heavy atom. The molecule has 2 aromatic heterocycles. The number of nitrogens with one attached hydrogen (secondary N) is 1. The van der Waals surface area contributed by atoms with E-state index in [9.17, 15) is 18.3 Å². The van der Waals surface area contributed by atoms with E-state index < -0.39 is 16.1 Å². The van der Waals surface area contributed by atoms with Crippen LogP contribution < -0.4 is 9.62 Å². The molecule has 4 rings (SSSR count). The van der Waals surface area contributed by atoms with Gasteiger partial charge in [0.2, 0.25) is 15.7 Å². The smallest absolute Gasteiger partial charge is 0.255 e. The third-order valence-electron chi connectivity index (χ3n) is 5.79. The second kappa shape index (κ2) is 7.65. The van der Waals surface area contributed by atoms with Crippen molar-refractivity contribution in [1.29, 1.82) is 0 Å². The first-order valence-electron chi connectivity index (χ1n) is 10.0. The summed E-state index contributed by atoms with van der Waals surface area (Å²) in [4.78, 5) is 17.3. The third kappa shape index (κ3) is 3.68. The number of anilines is 1. The number of furan rings is 1. The van der Waals surface area contributed by atoms with Gasteiger partial charge in [-0.25, -0.2) is 8.42 Å². The summed E-state index contributed by atoms with van der Waals surface area (Å²) in [6.07, 6.45) is 0.653. The van der Waals surface area contributed by atoms with Gasteiger partial charge in [-0.05, 0) is 19.4 Å². The monoisotopic (exact) mass is 443 g/mol. The van der Waals surface area contributed by atoms with Crippen LogP contribution in [0, 0.1) is 6.92 Å². The van der Waals surface area contributed by atoms with Crippen LogP contribution in [0.25, 0.3) is 22.4 Å². The minimum absolute atomic E-state index is 0.115. The van der Waals surface area contributed by atoms with E-state index in [1.54, 1.807) is 6.07 Å². The summed E-state index contributed by atoms with van der Waals surface area (Å²) in [5.74, 6) is -0.111. The van der Waals surface area contributed by atoms with Crippen LogP contribution in [-0.4, -0.2) is 50.4 Å². The molecule has 1 amide bonds. The van der Waals surface area contributed by atoms with Crippen molar-refractivity contribution >= 4 is 32.8 Å². The van der Waals surface area contributed by atoms with Gasteiger partial charge in [0, 0.05) is 30.6 Å². The van der Waals surface area contributed by atoms with Crippen molar-refractivity contribution in [2.45, 2.75) is 32.3 Å². The zero-order valence-electron chi connectivity index (χ0n) is 17.8. The van der Waals surface area contributed by atoms with Crippen molar-refractivity contribution in [2.75, 3.05) is 24.2 Å². The summed E-state index contributed by atoms with van der Waals surface area (Å²) in [6.45, 7) is 3.90. The minimum Gasteiger partial charge on any atom is -0.437 e. The lowest BCUT2D eigenvalue weighted by Gasteiger charge is -2.21. The Bertz CT molecular complexity index is 1260. The number of hydrogen-bond donors (Lipinski definition) is 2. The lowest BCUT2D eigenvalue weighted by atomic mass is 9.94. The molecule has 164 valence electrons. The lowest BCUT2D eigenvalue weighted by Crippen LogP contribution is -2.32. The van der Waals surface area contributed by atoms with E-state index in [0.29, 0.717) is 27.8 Å². The summed E-state index contributed by atoms with van der Waals surface area (Å²) in [5, 5.41) is 13.7. The van der Waals surface area contributed by atoms with Crippen molar-refractivity contribution in [3.05, 3.63) is 47.0 Å². The van der Waals surface area contributed by atoms with Gasteiger partial charge >= 0.3 is 0 Å². The normalized spacial score (nSPS) is 19.2. The molecule has 2 N–H and O–H groups in total. The third-order valence-corrected chi connectivity index (χ3v) is 6.95. The van der Waals surface area contributed by atoms with Gasteiger partial charge in [0.15, 0.2) is 0 Å². The number of aliphatic hydroxyl groups is 1. The second-order valence-electron chi connectivity index (χ2n) is 7.99. The molecule has 1 aromatic carbocycles. The summed E-state index contributed by atoms with van der Waals surface area (Å²) in [6, 6.07) is 9.28. The maximum Gasteiger partial charge on any atom is 0.255 e. The molecule has 0 saturated carbocycles. The largest absolute Gasteiger partial charge is 0.437 e. The number of rotatable bonds is 3. The van der Waals surface area contributed by atoms with Crippen LogP contribution in [0.15, 0.2) is 34.7 Å². The van der Waals surface area contributed by atoms with E-state index in [1.807, 2.05) is 38.1 Å². The fourth-order valence-corrected chi connectivity index (χ4v) is 4.86. The highest BCUT2D eigenvalue weighted by Gasteiger charge is 2.34. The number of amides is 1. The van der Waals surface area contributed by atoms with E-state index in [2.05, 4.69) is 10.3 Å². The first-order chi connectivity index (χ1) is 14.6. The number of fused-ring (bicyclic) bond motifs is 2. The summed E-state index contributed by atoms with van der Waals surface area (Å²) in [5.41, 5.74) is 2.84. The van der Waals surface area contributed by atoms with Crippen LogP contribution >= 0.6 is 0 Å². The molecule has 3 heterocycles. The molecule has 1 aliphatic heterocycles. The molecule has 2 atom stereocenters. The predicted octanol–water partition coefficient (Wildman–Crippen LogP) is 2.80. The summed E-state index contributed by atoms with van der Waals surface area (Å²) in [7, 11) is -2.08. The topological polar surface area (TPSA) is 113 Å². The van der Waals surface area contributed by atoms with Crippen LogP contribution in [0.5, 0.6) is 0 Å². The molecule has 31 heavy (non-hydrogen) atoms. The number of aliphatic hydroxyl groups excluding tert-OH is 1. The number of aryl methyl sites for hydroxylation is 1. The Morgan fingerprint density at radius 2 is 1.97 bits per heavy atom. The SMILES string of the molecule is CNC(=O)c1c(-c2ccc(C)cc2)oc2nc3c(cc12)C(C)C(O)CCN3S(C)(=O)=O.